The smallest absolute Gasteiger partial charge is 0.325 e. The van der Waals surface area contributed by atoms with Gasteiger partial charge in [-0.05, 0) is 69.4 Å². The molecule has 180 valence electrons. The molecule has 0 saturated heterocycles. The van der Waals surface area contributed by atoms with Crippen LogP contribution in [-0.4, -0.2) is 40.2 Å². The summed E-state index contributed by atoms with van der Waals surface area (Å²) >= 11 is 0. The normalized spacial score (nSPS) is 24.8. The first-order chi connectivity index (χ1) is 16.3. The van der Waals surface area contributed by atoms with Crippen LogP contribution in [0.2, 0.25) is 0 Å². The number of amides is 1. The van der Waals surface area contributed by atoms with E-state index in [4.69, 9.17) is 15.5 Å². The maximum Gasteiger partial charge on any atom is 0.325 e. The van der Waals surface area contributed by atoms with E-state index in [-0.39, 0.29) is 17.8 Å². The van der Waals surface area contributed by atoms with Gasteiger partial charge in [-0.15, -0.1) is 0 Å². The number of aromatic nitrogens is 1. The number of hydrogen-bond donors (Lipinski definition) is 4. The zero-order valence-corrected chi connectivity index (χ0v) is 19.5. The van der Waals surface area contributed by atoms with Crippen LogP contribution in [0.25, 0.3) is 0 Å². The molecule has 0 atom stereocenters. The van der Waals surface area contributed by atoms with Crippen molar-refractivity contribution < 1.29 is 24.6 Å². The van der Waals surface area contributed by atoms with E-state index >= 15 is 0 Å². The topological polar surface area (TPSA) is 121 Å². The fourth-order valence-corrected chi connectivity index (χ4v) is 4.72. The SMILES string of the molecule is Cc1cccc(C(=O)Nc2cc(C=NC3CCC(O)(C4CC4)CC3)c(N)cc2OC2CC2)[n+]1O. The molecule has 0 bridgehead atoms. The van der Waals surface area contributed by atoms with E-state index in [0.29, 0.717) is 34.3 Å². The second kappa shape index (κ2) is 8.91. The summed E-state index contributed by atoms with van der Waals surface area (Å²) in [7, 11) is 0. The highest BCUT2D eigenvalue weighted by Crippen LogP contribution is 2.47. The Balaban J connectivity index is 1.34. The molecule has 3 saturated carbocycles. The molecule has 0 unspecified atom stereocenters. The molecule has 3 aliphatic rings. The first kappa shape index (κ1) is 22.7. The summed E-state index contributed by atoms with van der Waals surface area (Å²) in [5.41, 5.74) is 8.19. The van der Waals surface area contributed by atoms with Crippen LogP contribution in [0, 0.1) is 12.8 Å². The molecule has 3 fully saturated rings. The van der Waals surface area contributed by atoms with Crippen LogP contribution in [-0.2, 0) is 0 Å². The van der Waals surface area contributed by atoms with Crippen molar-refractivity contribution in [2.75, 3.05) is 11.1 Å². The molecule has 0 spiro atoms. The van der Waals surface area contributed by atoms with Crippen molar-refractivity contribution in [3.8, 4) is 5.75 Å². The molecule has 3 aliphatic carbocycles. The zero-order valence-electron chi connectivity index (χ0n) is 19.5. The molecule has 5 rings (SSSR count). The van der Waals surface area contributed by atoms with E-state index < -0.39 is 11.5 Å². The zero-order chi connectivity index (χ0) is 23.9. The average molecular weight is 466 g/mol. The van der Waals surface area contributed by atoms with Crippen LogP contribution in [0.3, 0.4) is 0 Å². The summed E-state index contributed by atoms with van der Waals surface area (Å²) in [6.07, 6.45) is 9.43. The van der Waals surface area contributed by atoms with Crippen molar-refractivity contribution in [3.63, 3.8) is 0 Å². The van der Waals surface area contributed by atoms with Crippen LogP contribution in [0.5, 0.6) is 5.75 Å². The standard InChI is InChI=1S/C26H32N4O4/c1-16-3-2-4-23(30(16)33)25(31)29-22-13-17(21(27)14-24(22)34-20-7-8-20)15-28-19-9-11-26(32,12-10-19)18-5-6-18/h2-4,13-15,18-20,27,31-33H,5-12H2,1H3/p+1. The molecule has 1 aromatic carbocycles. The van der Waals surface area contributed by atoms with Crippen molar-refractivity contribution in [2.24, 2.45) is 10.9 Å². The minimum Gasteiger partial charge on any atom is -0.488 e. The summed E-state index contributed by atoms with van der Waals surface area (Å²) in [4.78, 5) is 17.7. The van der Waals surface area contributed by atoms with E-state index in [9.17, 15) is 15.1 Å². The van der Waals surface area contributed by atoms with Crippen molar-refractivity contribution >= 4 is 23.5 Å². The largest absolute Gasteiger partial charge is 0.488 e. The van der Waals surface area contributed by atoms with Crippen LogP contribution in [0.1, 0.15) is 73.1 Å². The third kappa shape index (κ3) is 4.87. The number of benzene rings is 1. The molecule has 5 N–H and O–H groups in total. The minimum atomic E-state index is -0.496. The van der Waals surface area contributed by atoms with Crippen molar-refractivity contribution in [3.05, 3.63) is 47.3 Å². The van der Waals surface area contributed by atoms with E-state index in [1.54, 1.807) is 43.5 Å². The molecule has 8 nitrogen and oxygen atoms in total. The third-order valence-electron chi connectivity index (χ3n) is 7.22. The third-order valence-corrected chi connectivity index (χ3v) is 7.22. The number of nitrogens with two attached hydrogens (primary N) is 1. The van der Waals surface area contributed by atoms with E-state index in [0.717, 1.165) is 56.1 Å². The number of ether oxygens (including phenoxy) is 1. The number of hydrogen-bond acceptors (Lipinski definition) is 6. The molecular weight excluding hydrogens is 432 g/mol. The van der Waals surface area contributed by atoms with Gasteiger partial charge in [-0.3, -0.25) is 15.0 Å². The maximum atomic E-state index is 12.9. The van der Waals surface area contributed by atoms with Gasteiger partial charge in [-0.25, -0.2) is 0 Å². The molecule has 1 aromatic heterocycles. The molecule has 0 radical (unpaired) electrons. The van der Waals surface area contributed by atoms with Gasteiger partial charge in [0.15, 0.2) is 0 Å². The highest BCUT2D eigenvalue weighted by molar-refractivity contribution is 6.04. The van der Waals surface area contributed by atoms with Gasteiger partial charge in [0.25, 0.3) is 0 Å². The van der Waals surface area contributed by atoms with E-state index in [2.05, 4.69) is 5.32 Å². The Hall–Kier alpha value is -3.13. The van der Waals surface area contributed by atoms with Gasteiger partial charge in [-0.2, -0.15) is 0 Å². The maximum absolute atomic E-state index is 12.9. The average Bonchev–Trinajstić information content (AvgIpc) is 3.72. The van der Waals surface area contributed by atoms with Gasteiger partial charge in [0.05, 0.1) is 23.4 Å². The predicted octanol–water partition coefficient (Wildman–Crippen LogP) is 3.40. The molecule has 0 aliphatic heterocycles. The molecule has 1 heterocycles. The number of aryl methyl sites for hydroxylation is 1. The number of aliphatic imine (C=N–C) groups is 1. The number of carbonyl (C=O) groups is 1. The van der Waals surface area contributed by atoms with Crippen LogP contribution < -0.4 is 20.5 Å². The van der Waals surface area contributed by atoms with E-state index in [1.807, 2.05) is 0 Å². The fourth-order valence-electron chi connectivity index (χ4n) is 4.72. The Labute approximate surface area is 199 Å². The second-order valence-electron chi connectivity index (χ2n) is 10.0. The summed E-state index contributed by atoms with van der Waals surface area (Å²) < 4.78 is 6.86. The monoisotopic (exact) mass is 465 g/mol. The lowest BCUT2D eigenvalue weighted by atomic mass is 9.79. The van der Waals surface area contributed by atoms with Crippen LogP contribution >= 0.6 is 0 Å². The molecule has 34 heavy (non-hydrogen) atoms. The number of pyridine rings is 1. The highest BCUT2D eigenvalue weighted by Gasteiger charge is 2.45. The number of nitrogens with one attached hydrogen (secondary N) is 1. The fraction of sp³-hybridized carbons (Fsp3) is 0.500. The second-order valence-corrected chi connectivity index (χ2v) is 10.0. The summed E-state index contributed by atoms with van der Waals surface area (Å²) in [5.74, 6) is 0.533. The summed E-state index contributed by atoms with van der Waals surface area (Å²) in [6, 6.07) is 8.64. The Morgan fingerprint density at radius 1 is 1.21 bits per heavy atom. The molecule has 1 amide bonds. The Kier molecular flexibility index (Phi) is 5.93. The molecule has 8 heteroatoms. The first-order valence-electron chi connectivity index (χ1n) is 12.2. The lowest BCUT2D eigenvalue weighted by Crippen LogP contribution is -2.42. The predicted molar refractivity (Wildman–Crippen MR) is 129 cm³/mol. The first-order valence-corrected chi connectivity index (χ1v) is 12.2. The van der Waals surface area contributed by atoms with E-state index in [1.165, 1.54) is 0 Å². The van der Waals surface area contributed by atoms with Crippen molar-refractivity contribution in [1.82, 2.24) is 0 Å². The Morgan fingerprint density at radius 2 is 1.94 bits per heavy atom. The number of aliphatic hydroxyl groups is 1. The Morgan fingerprint density at radius 3 is 2.62 bits per heavy atom. The molecular formula is C26H33N4O4+. The number of nitrogen functional groups attached to an aromatic ring is 1. The van der Waals surface area contributed by atoms with Gasteiger partial charge in [0.1, 0.15) is 5.75 Å². The van der Waals surface area contributed by atoms with Gasteiger partial charge >= 0.3 is 11.6 Å². The summed E-state index contributed by atoms with van der Waals surface area (Å²) in [5, 5.41) is 23.9. The Bertz CT molecular complexity index is 1120. The highest BCUT2D eigenvalue weighted by atomic mass is 16.5. The van der Waals surface area contributed by atoms with Gasteiger partial charge in [-0.1, -0.05) is 0 Å². The quantitative estimate of drug-likeness (QED) is 0.216. The van der Waals surface area contributed by atoms with Crippen LogP contribution in [0.4, 0.5) is 11.4 Å². The van der Waals surface area contributed by atoms with Gasteiger partial charge in [0, 0.05) is 47.3 Å². The summed E-state index contributed by atoms with van der Waals surface area (Å²) in [6.45, 7) is 1.72. The van der Waals surface area contributed by atoms with Crippen LogP contribution in [0.15, 0.2) is 35.3 Å². The minimum absolute atomic E-state index is 0.120. The number of rotatable bonds is 7. The van der Waals surface area contributed by atoms with Gasteiger partial charge in [0.2, 0.25) is 5.69 Å². The number of anilines is 2. The number of nitrogens with zero attached hydrogens (tertiary/aromatic N) is 2. The van der Waals surface area contributed by atoms with Crippen molar-refractivity contribution in [2.45, 2.75) is 76.0 Å². The lowest BCUT2D eigenvalue weighted by molar-refractivity contribution is -0.909. The lowest BCUT2D eigenvalue weighted by Gasteiger charge is -2.35. The molecule has 2 aromatic rings. The van der Waals surface area contributed by atoms with Crippen molar-refractivity contribution in [1.29, 1.82) is 0 Å². The number of carbonyl (C=O) groups excluding carboxylic acids is 1. The van der Waals surface area contributed by atoms with Gasteiger partial charge < -0.3 is 20.9 Å².